The van der Waals surface area contributed by atoms with Gasteiger partial charge in [0.25, 0.3) is 0 Å². The largest absolute Gasteiger partial charge is 0.493 e. The van der Waals surface area contributed by atoms with Gasteiger partial charge in [-0.15, -0.1) is 0 Å². The lowest BCUT2D eigenvalue weighted by atomic mass is 10.2. The molecule has 0 amide bonds. The molecule has 126 valence electrons. The van der Waals surface area contributed by atoms with Gasteiger partial charge in [-0.3, -0.25) is 0 Å². The summed E-state index contributed by atoms with van der Waals surface area (Å²) in [4.78, 5) is 4.34. The van der Waals surface area contributed by atoms with Crippen molar-refractivity contribution >= 4 is 11.0 Å². The summed E-state index contributed by atoms with van der Waals surface area (Å²) in [5, 5.41) is 8.64. The van der Waals surface area contributed by atoms with E-state index in [0.717, 1.165) is 33.9 Å². The molecule has 3 aromatic heterocycles. The maximum absolute atomic E-state index is 5.90. The Morgan fingerprint density at radius 1 is 1.12 bits per heavy atom. The van der Waals surface area contributed by atoms with Crippen molar-refractivity contribution in [1.82, 2.24) is 20.1 Å². The molecule has 0 bridgehead atoms. The second-order valence-corrected chi connectivity index (χ2v) is 5.67. The fourth-order valence-electron chi connectivity index (χ4n) is 2.77. The second-order valence-electron chi connectivity index (χ2n) is 5.67. The smallest absolute Gasteiger partial charge is 0.176 e. The van der Waals surface area contributed by atoms with Crippen molar-refractivity contribution in [1.29, 1.82) is 0 Å². The van der Waals surface area contributed by atoms with E-state index in [2.05, 4.69) is 15.4 Å². The van der Waals surface area contributed by atoms with Gasteiger partial charge in [0.15, 0.2) is 17.2 Å². The highest BCUT2D eigenvalue weighted by molar-refractivity contribution is 5.83. The average Bonchev–Trinajstić information content (AvgIpc) is 3.31. The Bertz CT molecular complexity index is 976. The predicted octanol–water partition coefficient (Wildman–Crippen LogP) is 3.31. The van der Waals surface area contributed by atoms with Gasteiger partial charge in [0.05, 0.1) is 13.7 Å². The number of para-hydroxylation sites is 1. The number of pyridine rings is 1. The van der Waals surface area contributed by atoms with Crippen LogP contribution in [0.5, 0.6) is 5.75 Å². The van der Waals surface area contributed by atoms with Crippen LogP contribution in [-0.2, 0) is 13.1 Å². The van der Waals surface area contributed by atoms with Crippen molar-refractivity contribution in [3.63, 3.8) is 0 Å². The molecule has 1 N–H and O–H groups in total. The van der Waals surface area contributed by atoms with Gasteiger partial charge in [-0.25, -0.2) is 9.67 Å². The van der Waals surface area contributed by atoms with E-state index in [1.54, 1.807) is 24.2 Å². The Hall–Kier alpha value is -3.12. The molecule has 6 heteroatoms. The van der Waals surface area contributed by atoms with Crippen LogP contribution in [0.4, 0.5) is 0 Å². The summed E-state index contributed by atoms with van der Waals surface area (Å²) >= 11 is 0. The number of hydrogen-bond acceptors (Lipinski definition) is 5. The summed E-state index contributed by atoms with van der Waals surface area (Å²) in [7, 11) is 1.65. The van der Waals surface area contributed by atoms with Crippen LogP contribution >= 0.6 is 0 Å². The Morgan fingerprint density at radius 3 is 2.92 bits per heavy atom. The van der Waals surface area contributed by atoms with Crippen molar-refractivity contribution in [3.8, 4) is 11.6 Å². The molecule has 0 saturated carbocycles. The average molecular weight is 334 g/mol. The first-order valence-electron chi connectivity index (χ1n) is 8.04. The first kappa shape index (κ1) is 15.4. The molecule has 0 spiro atoms. The highest BCUT2D eigenvalue weighted by Crippen LogP contribution is 2.28. The third-order valence-corrected chi connectivity index (χ3v) is 3.96. The normalized spacial score (nSPS) is 11.1. The molecule has 0 aliphatic heterocycles. The van der Waals surface area contributed by atoms with Crippen molar-refractivity contribution in [2.45, 2.75) is 13.1 Å². The van der Waals surface area contributed by atoms with Gasteiger partial charge in [-0.2, -0.15) is 5.10 Å². The number of nitrogens with zero attached hydrogens (tertiary/aromatic N) is 3. The summed E-state index contributed by atoms with van der Waals surface area (Å²) in [6, 6.07) is 13.8. The molecule has 0 fully saturated rings. The zero-order valence-corrected chi connectivity index (χ0v) is 13.8. The van der Waals surface area contributed by atoms with E-state index in [1.807, 2.05) is 48.7 Å². The number of furan rings is 1. The van der Waals surface area contributed by atoms with Crippen LogP contribution in [0.1, 0.15) is 11.3 Å². The molecule has 0 aliphatic rings. The van der Waals surface area contributed by atoms with E-state index in [9.17, 15) is 0 Å². The molecule has 4 aromatic rings. The van der Waals surface area contributed by atoms with Crippen LogP contribution < -0.4 is 10.1 Å². The Labute approximate surface area is 145 Å². The molecule has 0 atom stereocenters. The summed E-state index contributed by atoms with van der Waals surface area (Å²) < 4.78 is 13.0. The quantitative estimate of drug-likeness (QED) is 0.586. The number of benzene rings is 1. The monoisotopic (exact) mass is 334 g/mol. The second kappa shape index (κ2) is 6.78. The number of fused-ring (bicyclic) bond motifs is 1. The van der Waals surface area contributed by atoms with Gasteiger partial charge in [0.1, 0.15) is 5.76 Å². The van der Waals surface area contributed by atoms with E-state index in [-0.39, 0.29) is 0 Å². The van der Waals surface area contributed by atoms with Gasteiger partial charge in [-0.05, 0) is 35.9 Å². The minimum atomic E-state index is 0.636. The van der Waals surface area contributed by atoms with E-state index in [0.29, 0.717) is 13.1 Å². The summed E-state index contributed by atoms with van der Waals surface area (Å²) in [5.41, 5.74) is 1.92. The van der Waals surface area contributed by atoms with E-state index in [1.165, 1.54) is 0 Å². The van der Waals surface area contributed by atoms with Gasteiger partial charge in [0.2, 0.25) is 0 Å². The van der Waals surface area contributed by atoms with Crippen molar-refractivity contribution in [2.75, 3.05) is 7.11 Å². The zero-order valence-electron chi connectivity index (χ0n) is 13.8. The minimum Gasteiger partial charge on any atom is -0.493 e. The molecule has 0 saturated heterocycles. The van der Waals surface area contributed by atoms with Crippen molar-refractivity contribution in [2.24, 2.45) is 0 Å². The fourth-order valence-corrected chi connectivity index (χ4v) is 2.77. The first-order chi connectivity index (χ1) is 12.3. The Kier molecular flexibility index (Phi) is 4.18. The van der Waals surface area contributed by atoms with Gasteiger partial charge < -0.3 is 14.5 Å². The first-order valence-corrected chi connectivity index (χ1v) is 8.04. The van der Waals surface area contributed by atoms with Crippen LogP contribution in [0, 0.1) is 0 Å². The fraction of sp³-hybridized carbons (Fsp3) is 0.158. The summed E-state index contributed by atoms with van der Waals surface area (Å²) in [6.45, 7) is 1.35. The molecule has 0 aliphatic carbocycles. The van der Waals surface area contributed by atoms with E-state index >= 15 is 0 Å². The van der Waals surface area contributed by atoms with Gasteiger partial charge in [-0.1, -0.05) is 12.1 Å². The number of nitrogens with one attached hydrogen (secondary N) is 1. The number of rotatable bonds is 6. The van der Waals surface area contributed by atoms with Crippen LogP contribution in [0.15, 0.2) is 65.5 Å². The van der Waals surface area contributed by atoms with Crippen LogP contribution in [0.3, 0.4) is 0 Å². The van der Waals surface area contributed by atoms with Crippen LogP contribution in [-0.4, -0.2) is 21.9 Å². The number of aromatic nitrogens is 3. The molecule has 0 unspecified atom stereocenters. The van der Waals surface area contributed by atoms with Crippen LogP contribution in [0.25, 0.3) is 16.8 Å². The molecule has 4 rings (SSSR count). The number of ether oxygens (including phenoxy) is 1. The van der Waals surface area contributed by atoms with Crippen molar-refractivity contribution in [3.05, 3.63) is 72.4 Å². The number of hydrogen-bond donors (Lipinski definition) is 1. The predicted molar refractivity (Wildman–Crippen MR) is 94.7 cm³/mol. The highest BCUT2D eigenvalue weighted by Gasteiger charge is 2.08. The molecule has 25 heavy (non-hydrogen) atoms. The molecule has 1 aromatic carbocycles. The summed E-state index contributed by atoms with van der Waals surface area (Å²) in [6.07, 6.45) is 5.41. The third kappa shape index (κ3) is 3.25. The molecule has 6 nitrogen and oxygen atoms in total. The van der Waals surface area contributed by atoms with E-state index in [4.69, 9.17) is 9.15 Å². The standard InChI is InChI=1S/C19H18N4O2/c1-24-17-5-2-4-15-11-16(25-19(15)17)13-20-12-14-6-8-21-18(10-14)23-9-3-7-22-23/h2-11,20H,12-13H2,1H3. The summed E-state index contributed by atoms with van der Waals surface area (Å²) in [5.74, 6) is 2.43. The van der Waals surface area contributed by atoms with Gasteiger partial charge in [0, 0.05) is 30.5 Å². The van der Waals surface area contributed by atoms with Crippen molar-refractivity contribution < 1.29 is 9.15 Å². The Balaban J connectivity index is 1.43. The molecular formula is C19H18N4O2. The third-order valence-electron chi connectivity index (χ3n) is 3.96. The van der Waals surface area contributed by atoms with E-state index < -0.39 is 0 Å². The lowest BCUT2D eigenvalue weighted by Gasteiger charge is -2.05. The Morgan fingerprint density at radius 2 is 2.08 bits per heavy atom. The lowest BCUT2D eigenvalue weighted by Crippen LogP contribution is -2.12. The van der Waals surface area contributed by atoms with Gasteiger partial charge >= 0.3 is 0 Å². The SMILES string of the molecule is COc1cccc2cc(CNCc3ccnc(-n4cccn4)c3)oc12. The zero-order chi connectivity index (χ0) is 17.1. The minimum absolute atomic E-state index is 0.636. The molecular weight excluding hydrogens is 316 g/mol. The number of methoxy groups -OCH3 is 1. The van der Waals surface area contributed by atoms with Crippen LogP contribution in [0.2, 0.25) is 0 Å². The topological polar surface area (TPSA) is 65.1 Å². The molecule has 0 radical (unpaired) electrons. The highest BCUT2D eigenvalue weighted by atomic mass is 16.5. The molecule has 3 heterocycles. The lowest BCUT2D eigenvalue weighted by molar-refractivity contribution is 0.406. The maximum atomic E-state index is 5.90. The maximum Gasteiger partial charge on any atom is 0.176 e.